The molecule has 0 spiro atoms. The Morgan fingerprint density at radius 1 is 1.08 bits per heavy atom. The molecule has 134 valence electrons. The number of benzene rings is 2. The molecule has 0 aromatic heterocycles. The molecule has 0 amide bonds. The molecule has 26 heavy (non-hydrogen) atoms. The fourth-order valence-corrected chi connectivity index (χ4v) is 6.13. The Bertz CT molecular complexity index is 886. The van der Waals surface area contributed by atoms with Crippen molar-refractivity contribution >= 4 is 11.7 Å². The van der Waals surface area contributed by atoms with Gasteiger partial charge in [-0.3, -0.25) is 0 Å². The number of fused-ring (bicyclic) bond motifs is 7. The molecule has 1 heterocycles. The molecule has 2 aliphatic carbocycles. The Hall–Kier alpha value is -2.29. The van der Waals surface area contributed by atoms with Crippen LogP contribution in [-0.2, 0) is 0 Å². The number of rotatable bonds is 2. The molecule has 0 unspecified atom stereocenters. The summed E-state index contributed by atoms with van der Waals surface area (Å²) < 4.78 is 0. The second-order valence-electron chi connectivity index (χ2n) is 8.53. The summed E-state index contributed by atoms with van der Waals surface area (Å²) in [5.74, 6) is 2.01. The molecular formula is C23H25NO2. The second-order valence-corrected chi connectivity index (χ2v) is 8.53. The highest BCUT2D eigenvalue weighted by Gasteiger charge is 2.53. The Labute approximate surface area is 154 Å². The van der Waals surface area contributed by atoms with Crippen LogP contribution in [0.3, 0.4) is 0 Å². The van der Waals surface area contributed by atoms with Crippen molar-refractivity contribution in [3.05, 3.63) is 64.2 Å². The van der Waals surface area contributed by atoms with Crippen molar-refractivity contribution in [2.75, 3.05) is 5.32 Å². The summed E-state index contributed by atoms with van der Waals surface area (Å²) in [6, 6.07) is 12.5. The van der Waals surface area contributed by atoms with Crippen molar-refractivity contribution < 1.29 is 9.90 Å². The van der Waals surface area contributed by atoms with Crippen molar-refractivity contribution in [2.24, 2.45) is 17.8 Å². The van der Waals surface area contributed by atoms with Crippen LogP contribution < -0.4 is 5.32 Å². The third kappa shape index (κ3) is 2.22. The quantitative estimate of drug-likeness (QED) is 0.775. The molecule has 3 aliphatic rings. The topological polar surface area (TPSA) is 49.3 Å². The van der Waals surface area contributed by atoms with E-state index in [2.05, 4.69) is 31.3 Å². The van der Waals surface area contributed by atoms with E-state index in [1.165, 1.54) is 47.2 Å². The number of nitrogens with one attached hydrogen (secondary N) is 1. The highest BCUT2D eigenvalue weighted by atomic mass is 16.4. The number of aryl methyl sites for hydroxylation is 2. The van der Waals surface area contributed by atoms with Crippen molar-refractivity contribution in [1.29, 1.82) is 0 Å². The maximum absolute atomic E-state index is 11.2. The van der Waals surface area contributed by atoms with E-state index in [9.17, 15) is 9.90 Å². The molecule has 3 nitrogen and oxygen atoms in total. The summed E-state index contributed by atoms with van der Waals surface area (Å²) in [5.41, 5.74) is 7.11. The van der Waals surface area contributed by atoms with Crippen molar-refractivity contribution in [2.45, 2.75) is 45.1 Å². The molecule has 2 aromatic rings. The third-order valence-corrected chi connectivity index (χ3v) is 7.05. The molecule has 0 radical (unpaired) electrons. The van der Waals surface area contributed by atoms with Gasteiger partial charge in [-0.25, -0.2) is 4.79 Å². The van der Waals surface area contributed by atoms with Crippen LogP contribution in [0, 0.1) is 31.6 Å². The molecule has 2 aromatic carbocycles. The molecule has 2 fully saturated rings. The number of hydrogen-bond acceptors (Lipinski definition) is 2. The number of carbonyl (C=O) groups is 1. The molecule has 2 N–H and O–H groups in total. The van der Waals surface area contributed by atoms with E-state index in [0.717, 1.165) is 11.8 Å². The lowest BCUT2D eigenvalue weighted by Crippen LogP contribution is -2.35. The molecule has 5 rings (SSSR count). The van der Waals surface area contributed by atoms with Crippen LogP contribution in [0.25, 0.3) is 0 Å². The average Bonchev–Trinajstić information content (AvgIpc) is 3.23. The molecule has 5 atom stereocenters. The first kappa shape index (κ1) is 15.9. The van der Waals surface area contributed by atoms with Gasteiger partial charge in [0.2, 0.25) is 0 Å². The van der Waals surface area contributed by atoms with Crippen molar-refractivity contribution in [1.82, 2.24) is 0 Å². The number of aromatic carboxylic acids is 1. The van der Waals surface area contributed by atoms with Gasteiger partial charge in [0.15, 0.2) is 0 Å². The van der Waals surface area contributed by atoms with E-state index < -0.39 is 5.97 Å². The first-order valence-corrected chi connectivity index (χ1v) is 9.74. The predicted molar refractivity (Wildman–Crippen MR) is 103 cm³/mol. The highest BCUT2D eigenvalue weighted by Crippen LogP contribution is 2.64. The monoisotopic (exact) mass is 347 g/mol. The van der Waals surface area contributed by atoms with Crippen LogP contribution >= 0.6 is 0 Å². The zero-order valence-corrected chi connectivity index (χ0v) is 15.3. The van der Waals surface area contributed by atoms with E-state index in [4.69, 9.17) is 0 Å². The fraction of sp³-hybridized carbons (Fsp3) is 0.435. The van der Waals surface area contributed by atoms with Crippen LogP contribution in [-0.4, -0.2) is 11.1 Å². The number of carboxylic acids is 1. The fourth-order valence-electron chi connectivity index (χ4n) is 6.13. The van der Waals surface area contributed by atoms with Gasteiger partial charge in [0, 0.05) is 5.69 Å². The summed E-state index contributed by atoms with van der Waals surface area (Å²) >= 11 is 0. The number of hydrogen-bond donors (Lipinski definition) is 2. The zero-order valence-electron chi connectivity index (χ0n) is 15.3. The average molecular weight is 347 g/mol. The summed E-state index contributed by atoms with van der Waals surface area (Å²) in [7, 11) is 0. The van der Waals surface area contributed by atoms with Gasteiger partial charge in [0.05, 0.1) is 11.6 Å². The van der Waals surface area contributed by atoms with E-state index in [0.29, 0.717) is 17.4 Å². The summed E-state index contributed by atoms with van der Waals surface area (Å²) in [4.78, 5) is 11.2. The lowest BCUT2D eigenvalue weighted by atomic mass is 9.67. The summed E-state index contributed by atoms with van der Waals surface area (Å²) in [5, 5.41) is 13.1. The minimum Gasteiger partial charge on any atom is -0.478 e. The van der Waals surface area contributed by atoms with Crippen LogP contribution in [0.2, 0.25) is 0 Å². The minimum atomic E-state index is -0.859. The predicted octanol–water partition coefficient (Wildman–Crippen LogP) is 5.30. The Morgan fingerprint density at radius 2 is 1.81 bits per heavy atom. The zero-order chi connectivity index (χ0) is 18.0. The molecule has 3 heteroatoms. The van der Waals surface area contributed by atoms with Crippen molar-refractivity contribution in [3.8, 4) is 0 Å². The highest BCUT2D eigenvalue weighted by molar-refractivity contribution is 5.87. The van der Waals surface area contributed by atoms with Crippen LogP contribution in [0.1, 0.15) is 63.8 Å². The van der Waals surface area contributed by atoms with Gasteiger partial charge in [-0.2, -0.15) is 0 Å². The minimum absolute atomic E-state index is 0.284. The van der Waals surface area contributed by atoms with E-state index >= 15 is 0 Å². The van der Waals surface area contributed by atoms with E-state index in [-0.39, 0.29) is 6.04 Å². The maximum atomic E-state index is 11.2. The molecule has 1 aliphatic heterocycles. The molecule has 0 saturated heterocycles. The van der Waals surface area contributed by atoms with Gasteiger partial charge in [-0.1, -0.05) is 29.8 Å². The Morgan fingerprint density at radius 3 is 2.54 bits per heavy atom. The lowest BCUT2D eigenvalue weighted by Gasteiger charge is -2.44. The lowest BCUT2D eigenvalue weighted by molar-refractivity contribution is 0.0697. The summed E-state index contributed by atoms with van der Waals surface area (Å²) in [6.45, 7) is 4.41. The Balaban J connectivity index is 1.61. The second kappa shape index (κ2) is 5.60. The van der Waals surface area contributed by atoms with Crippen LogP contribution in [0.15, 0.2) is 36.4 Å². The van der Waals surface area contributed by atoms with Gasteiger partial charge < -0.3 is 10.4 Å². The summed E-state index contributed by atoms with van der Waals surface area (Å²) in [6.07, 6.45) is 4.06. The number of anilines is 1. The smallest absolute Gasteiger partial charge is 0.335 e. The molecule has 2 bridgehead atoms. The first-order chi connectivity index (χ1) is 12.5. The van der Waals surface area contributed by atoms with Crippen LogP contribution in [0.5, 0.6) is 0 Å². The van der Waals surface area contributed by atoms with Crippen molar-refractivity contribution in [3.63, 3.8) is 0 Å². The normalized spacial score (nSPS) is 31.2. The maximum Gasteiger partial charge on any atom is 0.335 e. The number of carboxylic acid groups (broad SMARTS) is 1. The van der Waals surface area contributed by atoms with E-state index in [1.807, 2.05) is 12.1 Å². The van der Waals surface area contributed by atoms with Gasteiger partial charge in [0.25, 0.3) is 0 Å². The molecular weight excluding hydrogens is 322 g/mol. The van der Waals surface area contributed by atoms with Gasteiger partial charge in [-0.05, 0) is 85.6 Å². The standard InChI is InChI=1S/C23H25NO2/c1-12-9-13(2)21-18(10-12)19-16-7-8-17(11-16)20(19)22(24-21)14-3-5-15(6-4-14)23(25)26/h3-6,9-10,16-17,19-20,22,24H,7-8,11H2,1-2H3,(H,25,26)/t16-,17-,19-,20-,22+/m0/s1. The van der Waals surface area contributed by atoms with Crippen LogP contribution in [0.4, 0.5) is 5.69 Å². The Kier molecular flexibility index (Phi) is 3.43. The molecule has 2 saturated carbocycles. The third-order valence-electron chi connectivity index (χ3n) is 7.05. The van der Waals surface area contributed by atoms with Gasteiger partial charge in [0.1, 0.15) is 0 Å². The van der Waals surface area contributed by atoms with E-state index in [1.54, 1.807) is 12.1 Å². The van der Waals surface area contributed by atoms with Gasteiger partial charge >= 0.3 is 5.97 Å². The largest absolute Gasteiger partial charge is 0.478 e. The van der Waals surface area contributed by atoms with Gasteiger partial charge in [-0.15, -0.1) is 0 Å². The first-order valence-electron chi connectivity index (χ1n) is 9.74. The SMILES string of the molecule is Cc1cc(C)c2c(c1)[C@@H]1[C@H]3CC[C@@H](C3)[C@@H]1[C@@H](c1ccc(C(=O)O)cc1)N2.